The Kier molecular flexibility index (Phi) is 6.66. The van der Waals surface area contributed by atoms with Gasteiger partial charge in [-0.05, 0) is 46.0 Å². The van der Waals surface area contributed by atoms with Crippen molar-refractivity contribution in [3.8, 4) is 0 Å². The molecular weight excluding hydrogens is 410 g/mol. The van der Waals surface area contributed by atoms with Crippen LogP contribution in [0.3, 0.4) is 0 Å². The monoisotopic (exact) mass is 427 g/mol. The summed E-state index contributed by atoms with van der Waals surface area (Å²) in [5.41, 5.74) is -0.165. The lowest BCUT2D eigenvalue weighted by Crippen LogP contribution is -2.34. The average Bonchev–Trinajstić information content (AvgIpc) is 2.37. The van der Waals surface area contributed by atoms with Crippen LogP contribution >= 0.6 is 31.9 Å². The normalized spacial score (nSPS) is 12.7. The highest BCUT2D eigenvalue weighted by Crippen LogP contribution is 2.26. The van der Waals surface area contributed by atoms with Crippen LogP contribution in [0.2, 0.25) is 0 Å². The van der Waals surface area contributed by atoms with Gasteiger partial charge in [-0.2, -0.15) is 0 Å². The van der Waals surface area contributed by atoms with Crippen molar-refractivity contribution in [1.82, 2.24) is 4.72 Å². The Morgan fingerprint density at radius 3 is 2.55 bits per heavy atom. The van der Waals surface area contributed by atoms with Crippen molar-refractivity contribution in [2.75, 3.05) is 20.3 Å². The van der Waals surface area contributed by atoms with E-state index in [9.17, 15) is 8.42 Å². The van der Waals surface area contributed by atoms with E-state index in [-0.39, 0.29) is 10.3 Å². The van der Waals surface area contributed by atoms with E-state index in [2.05, 4.69) is 36.6 Å². The molecule has 1 aromatic carbocycles. The summed E-state index contributed by atoms with van der Waals surface area (Å²) in [7, 11) is -1.90. The topological polar surface area (TPSA) is 55.4 Å². The van der Waals surface area contributed by atoms with Gasteiger partial charge < -0.3 is 4.74 Å². The van der Waals surface area contributed by atoms with Gasteiger partial charge in [0.25, 0.3) is 0 Å². The molecule has 0 bridgehead atoms. The van der Waals surface area contributed by atoms with Crippen molar-refractivity contribution in [2.24, 2.45) is 5.41 Å². The van der Waals surface area contributed by atoms with Gasteiger partial charge in [-0.3, -0.25) is 0 Å². The zero-order chi connectivity index (χ0) is 15.4. The maximum atomic E-state index is 12.3. The third-order valence-corrected chi connectivity index (χ3v) is 5.79. The number of halogens is 2. The molecule has 0 spiro atoms. The fourth-order valence-corrected chi connectivity index (χ4v) is 4.26. The van der Waals surface area contributed by atoms with Gasteiger partial charge in [0.15, 0.2) is 0 Å². The van der Waals surface area contributed by atoms with Gasteiger partial charge in [-0.15, -0.1) is 0 Å². The lowest BCUT2D eigenvalue weighted by atomic mass is 9.90. The van der Waals surface area contributed by atoms with Crippen LogP contribution in [0.5, 0.6) is 0 Å². The lowest BCUT2D eigenvalue weighted by Gasteiger charge is -2.24. The first-order valence-corrected chi connectivity index (χ1v) is 9.18. The summed E-state index contributed by atoms with van der Waals surface area (Å²) in [6, 6.07) is 5.06. The van der Waals surface area contributed by atoms with Crippen LogP contribution < -0.4 is 4.72 Å². The van der Waals surface area contributed by atoms with Crippen LogP contribution in [-0.2, 0) is 14.8 Å². The van der Waals surface area contributed by atoms with Gasteiger partial charge in [0, 0.05) is 29.2 Å². The molecule has 1 rings (SSSR count). The Morgan fingerprint density at radius 1 is 1.30 bits per heavy atom. The maximum Gasteiger partial charge on any atom is 0.241 e. The molecule has 0 atom stereocenters. The first kappa shape index (κ1) is 18.1. The molecule has 7 heteroatoms. The summed E-state index contributed by atoms with van der Waals surface area (Å²) < 4.78 is 33.6. The van der Waals surface area contributed by atoms with Crippen LogP contribution in [-0.4, -0.2) is 28.7 Å². The molecule has 0 heterocycles. The standard InChI is InChI=1S/C13H19Br2NO3S/c1-13(2,6-7-19-3)9-16-20(17,18)12-8-10(14)4-5-11(12)15/h4-5,8,16H,6-7,9H2,1-3H3. The molecule has 1 aromatic rings. The molecular formula is C13H19Br2NO3S. The molecule has 0 aliphatic heterocycles. The van der Waals surface area contributed by atoms with Crippen molar-refractivity contribution >= 4 is 41.9 Å². The van der Waals surface area contributed by atoms with E-state index < -0.39 is 10.0 Å². The Balaban J connectivity index is 2.83. The van der Waals surface area contributed by atoms with E-state index in [4.69, 9.17) is 4.74 Å². The quantitative estimate of drug-likeness (QED) is 0.722. The number of benzene rings is 1. The maximum absolute atomic E-state index is 12.3. The zero-order valence-electron chi connectivity index (χ0n) is 11.7. The number of sulfonamides is 1. The van der Waals surface area contributed by atoms with Gasteiger partial charge in [-0.1, -0.05) is 29.8 Å². The summed E-state index contributed by atoms with van der Waals surface area (Å²) in [6.07, 6.45) is 0.783. The molecule has 0 aliphatic carbocycles. The highest BCUT2D eigenvalue weighted by atomic mass is 79.9. The molecule has 0 aliphatic rings. The van der Waals surface area contributed by atoms with E-state index in [0.717, 1.165) is 10.9 Å². The van der Waals surface area contributed by atoms with E-state index in [0.29, 0.717) is 17.6 Å². The Hall–Kier alpha value is 0.0500. The predicted molar refractivity (Wildman–Crippen MR) is 87.3 cm³/mol. The Bertz CT molecular complexity index is 559. The van der Waals surface area contributed by atoms with Crippen LogP contribution in [0.25, 0.3) is 0 Å². The molecule has 114 valence electrons. The van der Waals surface area contributed by atoms with Crippen molar-refractivity contribution in [1.29, 1.82) is 0 Å². The smallest absolute Gasteiger partial charge is 0.241 e. The second-order valence-electron chi connectivity index (χ2n) is 5.31. The lowest BCUT2D eigenvalue weighted by molar-refractivity contribution is 0.153. The average molecular weight is 429 g/mol. The van der Waals surface area contributed by atoms with Crippen LogP contribution in [0.4, 0.5) is 0 Å². The van der Waals surface area contributed by atoms with E-state index in [1.54, 1.807) is 25.3 Å². The molecule has 4 nitrogen and oxygen atoms in total. The summed E-state index contributed by atoms with van der Waals surface area (Å²) in [6.45, 7) is 4.97. The van der Waals surface area contributed by atoms with E-state index >= 15 is 0 Å². The number of methoxy groups -OCH3 is 1. The van der Waals surface area contributed by atoms with Crippen molar-refractivity contribution in [2.45, 2.75) is 25.2 Å². The molecule has 0 radical (unpaired) electrons. The molecule has 0 saturated heterocycles. The van der Waals surface area contributed by atoms with Gasteiger partial charge >= 0.3 is 0 Å². The van der Waals surface area contributed by atoms with Gasteiger partial charge in [0.05, 0.1) is 4.90 Å². The fourth-order valence-electron chi connectivity index (χ4n) is 1.52. The third-order valence-electron chi connectivity index (χ3n) is 2.91. The Morgan fingerprint density at radius 2 is 1.95 bits per heavy atom. The van der Waals surface area contributed by atoms with E-state index in [1.165, 1.54) is 0 Å². The van der Waals surface area contributed by atoms with Crippen LogP contribution in [0, 0.1) is 5.41 Å². The van der Waals surface area contributed by atoms with Crippen LogP contribution in [0.15, 0.2) is 32.0 Å². The number of hydrogen-bond acceptors (Lipinski definition) is 3. The van der Waals surface area contributed by atoms with Gasteiger partial charge in [0.2, 0.25) is 10.0 Å². The van der Waals surface area contributed by atoms with Crippen LogP contribution in [0.1, 0.15) is 20.3 Å². The minimum Gasteiger partial charge on any atom is -0.385 e. The summed E-state index contributed by atoms with van der Waals surface area (Å²) in [5.74, 6) is 0. The summed E-state index contributed by atoms with van der Waals surface area (Å²) in [4.78, 5) is 0.231. The Labute approximate surface area is 137 Å². The second kappa shape index (κ2) is 7.35. The van der Waals surface area contributed by atoms with Gasteiger partial charge in [-0.25, -0.2) is 13.1 Å². The molecule has 1 N–H and O–H groups in total. The molecule has 0 amide bonds. The predicted octanol–water partition coefficient (Wildman–Crippen LogP) is 3.55. The fraction of sp³-hybridized carbons (Fsp3) is 0.538. The number of nitrogens with one attached hydrogen (secondary N) is 1. The van der Waals surface area contributed by atoms with E-state index in [1.807, 2.05) is 13.8 Å². The summed E-state index contributed by atoms with van der Waals surface area (Å²) >= 11 is 6.55. The third kappa shape index (κ3) is 5.44. The van der Waals surface area contributed by atoms with Crippen molar-refractivity contribution < 1.29 is 13.2 Å². The number of ether oxygens (including phenoxy) is 1. The molecule has 20 heavy (non-hydrogen) atoms. The molecule has 0 saturated carbocycles. The number of rotatable bonds is 7. The molecule has 0 aromatic heterocycles. The van der Waals surface area contributed by atoms with Gasteiger partial charge in [0.1, 0.15) is 0 Å². The highest BCUT2D eigenvalue weighted by molar-refractivity contribution is 9.11. The SMILES string of the molecule is COCCC(C)(C)CNS(=O)(=O)c1cc(Br)ccc1Br. The highest BCUT2D eigenvalue weighted by Gasteiger charge is 2.23. The largest absolute Gasteiger partial charge is 0.385 e. The minimum atomic E-state index is -3.54. The molecule has 0 unspecified atom stereocenters. The first-order valence-electron chi connectivity index (χ1n) is 6.12. The van der Waals surface area contributed by atoms with Crippen molar-refractivity contribution in [3.63, 3.8) is 0 Å². The first-order chi connectivity index (χ1) is 9.18. The molecule has 0 fully saturated rings. The minimum absolute atomic E-state index is 0.165. The van der Waals surface area contributed by atoms with Crippen molar-refractivity contribution in [3.05, 3.63) is 27.1 Å². The zero-order valence-corrected chi connectivity index (χ0v) is 15.7. The number of hydrogen-bond donors (Lipinski definition) is 1. The second-order valence-corrected chi connectivity index (χ2v) is 8.81. The summed E-state index contributed by atoms with van der Waals surface area (Å²) in [5, 5.41) is 0.